The second-order valence-electron chi connectivity index (χ2n) is 5.18. The van der Waals surface area contributed by atoms with Crippen molar-refractivity contribution in [3.63, 3.8) is 0 Å². The first-order valence-electron chi connectivity index (χ1n) is 7.07. The number of pyridine rings is 1. The largest absolute Gasteiger partial charge is 0.508 e. The third-order valence-corrected chi connectivity index (χ3v) is 4.61. The molecule has 0 aliphatic heterocycles. The molecular formula is C18H12N2O2S. The van der Waals surface area contributed by atoms with Crippen molar-refractivity contribution >= 4 is 28.2 Å². The Labute approximate surface area is 136 Å². The number of aromatic amines is 1. The Morgan fingerprint density at radius 1 is 1.17 bits per heavy atom. The number of phenolic OH excluding ortho intramolecular Hbond substituents is 1. The molecule has 2 N–H and O–H groups in total. The van der Waals surface area contributed by atoms with E-state index < -0.39 is 0 Å². The van der Waals surface area contributed by atoms with E-state index in [-0.39, 0.29) is 11.5 Å². The van der Waals surface area contributed by atoms with Crippen LogP contribution in [-0.2, 0) is 0 Å². The number of hydrogen-bond acceptors (Lipinski definition) is 4. The molecule has 0 saturated carbocycles. The maximum Gasteiger partial charge on any atom is 0.195 e. The van der Waals surface area contributed by atoms with Crippen LogP contribution >= 0.6 is 11.3 Å². The van der Waals surface area contributed by atoms with Gasteiger partial charge in [-0.1, -0.05) is 18.2 Å². The van der Waals surface area contributed by atoms with Crippen molar-refractivity contribution in [1.29, 1.82) is 0 Å². The summed E-state index contributed by atoms with van der Waals surface area (Å²) in [6.45, 7) is 0. The van der Waals surface area contributed by atoms with E-state index >= 15 is 0 Å². The number of hydrogen-bond donors (Lipinski definition) is 2. The van der Waals surface area contributed by atoms with Gasteiger partial charge in [0.2, 0.25) is 0 Å². The van der Waals surface area contributed by atoms with Gasteiger partial charge in [-0.2, -0.15) is 0 Å². The SMILES string of the molecule is O=C(c1cccc(O)c1)c1c[nH]c2ncc(-c3cccs3)cc12. The lowest BCUT2D eigenvalue weighted by Gasteiger charge is -2.02. The normalized spacial score (nSPS) is 11.0. The molecule has 0 fully saturated rings. The fourth-order valence-electron chi connectivity index (χ4n) is 2.57. The van der Waals surface area contributed by atoms with Crippen LogP contribution in [0.3, 0.4) is 0 Å². The van der Waals surface area contributed by atoms with Crippen molar-refractivity contribution < 1.29 is 9.90 Å². The summed E-state index contributed by atoms with van der Waals surface area (Å²) in [5, 5.41) is 12.4. The van der Waals surface area contributed by atoms with E-state index in [4.69, 9.17) is 0 Å². The topological polar surface area (TPSA) is 66.0 Å². The second kappa shape index (κ2) is 5.37. The Morgan fingerprint density at radius 3 is 2.87 bits per heavy atom. The minimum Gasteiger partial charge on any atom is -0.508 e. The van der Waals surface area contributed by atoms with Crippen molar-refractivity contribution in [1.82, 2.24) is 9.97 Å². The smallest absolute Gasteiger partial charge is 0.195 e. The maximum atomic E-state index is 12.7. The van der Waals surface area contributed by atoms with Gasteiger partial charge in [0.1, 0.15) is 11.4 Å². The highest BCUT2D eigenvalue weighted by Crippen LogP contribution is 2.29. The van der Waals surface area contributed by atoms with Crippen LogP contribution in [0, 0.1) is 0 Å². The number of nitrogens with one attached hydrogen (secondary N) is 1. The molecule has 0 aliphatic carbocycles. The molecule has 0 atom stereocenters. The van der Waals surface area contributed by atoms with Gasteiger partial charge in [0.25, 0.3) is 0 Å². The van der Waals surface area contributed by atoms with Gasteiger partial charge in [-0.15, -0.1) is 11.3 Å². The van der Waals surface area contributed by atoms with E-state index in [2.05, 4.69) is 9.97 Å². The number of fused-ring (bicyclic) bond motifs is 1. The number of aromatic hydroxyl groups is 1. The van der Waals surface area contributed by atoms with Crippen LogP contribution in [-0.4, -0.2) is 20.9 Å². The maximum absolute atomic E-state index is 12.7. The van der Waals surface area contributed by atoms with Crippen LogP contribution in [0.15, 0.2) is 60.2 Å². The summed E-state index contributed by atoms with van der Waals surface area (Å²) in [4.78, 5) is 21.3. The Bertz CT molecular complexity index is 1000. The summed E-state index contributed by atoms with van der Waals surface area (Å²) in [7, 11) is 0. The van der Waals surface area contributed by atoms with Crippen LogP contribution in [0.1, 0.15) is 15.9 Å². The van der Waals surface area contributed by atoms with Crippen molar-refractivity contribution in [2.24, 2.45) is 0 Å². The van der Waals surface area contributed by atoms with E-state index in [0.717, 1.165) is 15.8 Å². The van der Waals surface area contributed by atoms with Crippen LogP contribution < -0.4 is 0 Å². The first-order valence-corrected chi connectivity index (χ1v) is 7.95. The van der Waals surface area contributed by atoms with Crippen LogP contribution in [0.4, 0.5) is 0 Å². The van der Waals surface area contributed by atoms with Gasteiger partial charge in [-0.25, -0.2) is 4.98 Å². The quantitative estimate of drug-likeness (QED) is 0.555. The number of H-pyrrole nitrogens is 1. The molecule has 112 valence electrons. The number of rotatable bonds is 3. The molecule has 3 aromatic heterocycles. The summed E-state index contributed by atoms with van der Waals surface area (Å²) in [6.07, 6.45) is 3.47. The van der Waals surface area contributed by atoms with Gasteiger partial charge in [0.15, 0.2) is 5.78 Å². The molecule has 4 rings (SSSR count). The molecule has 3 heterocycles. The molecule has 0 radical (unpaired) electrons. The highest BCUT2D eigenvalue weighted by atomic mass is 32.1. The molecule has 5 heteroatoms. The lowest BCUT2D eigenvalue weighted by Crippen LogP contribution is -2.00. The Kier molecular flexibility index (Phi) is 3.20. The van der Waals surface area contributed by atoms with E-state index in [0.29, 0.717) is 16.8 Å². The molecule has 0 spiro atoms. The first kappa shape index (κ1) is 13.7. The predicted molar refractivity (Wildman–Crippen MR) is 90.9 cm³/mol. The van der Waals surface area contributed by atoms with Crippen LogP contribution in [0.5, 0.6) is 5.75 Å². The zero-order valence-electron chi connectivity index (χ0n) is 12.0. The van der Waals surface area contributed by atoms with Crippen molar-refractivity contribution in [2.75, 3.05) is 0 Å². The summed E-state index contributed by atoms with van der Waals surface area (Å²) in [5.41, 5.74) is 2.66. The Hall–Kier alpha value is -2.92. The molecule has 4 aromatic rings. The number of carbonyl (C=O) groups is 1. The molecular weight excluding hydrogens is 308 g/mol. The summed E-state index contributed by atoms with van der Waals surface area (Å²) in [5.74, 6) is -0.0645. The lowest BCUT2D eigenvalue weighted by atomic mass is 10.0. The first-order chi connectivity index (χ1) is 11.2. The molecule has 0 unspecified atom stereocenters. The van der Waals surface area contributed by atoms with E-state index in [1.165, 1.54) is 6.07 Å². The van der Waals surface area contributed by atoms with Crippen molar-refractivity contribution in [3.8, 4) is 16.2 Å². The number of carbonyl (C=O) groups excluding carboxylic acids is 1. The molecule has 0 amide bonds. The van der Waals surface area contributed by atoms with Gasteiger partial charge < -0.3 is 10.1 Å². The number of nitrogens with zero attached hydrogens (tertiary/aromatic N) is 1. The van der Waals surface area contributed by atoms with E-state index in [9.17, 15) is 9.90 Å². The molecule has 0 aliphatic rings. The molecule has 23 heavy (non-hydrogen) atoms. The Balaban J connectivity index is 1.84. The summed E-state index contributed by atoms with van der Waals surface area (Å²) in [6, 6.07) is 12.3. The van der Waals surface area contributed by atoms with Crippen LogP contribution in [0.25, 0.3) is 21.5 Å². The van der Waals surface area contributed by atoms with Gasteiger partial charge in [-0.3, -0.25) is 4.79 Å². The zero-order chi connectivity index (χ0) is 15.8. The molecule has 0 saturated heterocycles. The fourth-order valence-corrected chi connectivity index (χ4v) is 3.28. The molecule has 0 bridgehead atoms. The number of thiophene rings is 1. The summed E-state index contributed by atoms with van der Waals surface area (Å²) < 4.78 is 0. The predicted octanol–water partition coefficient (Wildman–Crippen LogP) is 4.23. The third kappa shape index (κ3) is 2.41. The number of phenols is 1. The van der Waals surface area contributed by atoms with Crippen LogP contribution in [0.2, 0.25) is 0 Å². The monoisotopic (exact) mass is 320 g/mol. The highest BCUT2D eigenvalue weighted by molar-refractivity contribution is 7.13. The van der Waals surface area contributed by atoms with Crippen molar-refractivity contribution in [3.05, 3.63) is 71.4 Å². The minimum absolute atomic E-state index is 0.0769. The third-order valence-electron chi connectivity index (χ3n) is 3.69. The molecule has 1 aromatic carbocycles. The van der Waals surface area contributed by atoms with Gasteiger partial charge >= 0.3 is 0 Å². The number of aromatic nitrogens is 2. The zero-order valence-corrected chi connectivity index (χ0v) is 12.8. The number of ketones is 1. The van der Waals surface area contributed by atoms with Gasteiger partial charge in [0, 0.05) is 39.3 Å². The van der Waals surface area contributed by atoms with E-state index in [1.54, 1.807) is 41.9 Å². The fraction of sp³-hybridized carbons (Fsp3) is 0. The van der Waals surface area contributed by atoms with Crippen molar-refractivity contribution in [2.45, 2.75) is 0 Å². The lowest BCUT2D eigenvalue weighted by molar-refractivity contribution is 0.104. The summed E-state index contributed by atoms with van der Waals surface area (Å²) >= 11 is 1.63. The minimum atomic E-state index is -0.141. The average Bonchev–Trinajstić information content (AvgIpc) is 3.23. The molecule has 4 nitrogen and oxygen atoms in total. The Morgan fingerprint density at radius 2 is 2.09 bits per heavy atom. The standard InChI is InChI=1S/C18H12N2O2S/c21-13-4-1-3-11(7-13)17(22)15-10-20-18-14(15)8-12(9-19-18)16-5-2-6-23-16/h1-10,21H,(H,19,20). The van der Waals surface area contributed by atoms with Gasteiger partial charge in [-0.05, 0) is 29.6 Å². The number of benzene rings is 1. The average molecular weight is 320 g/mol. The van der Waals surface area contributed by atoms with Gasteiger partial charge in [0.05, 0.1) is 0 Å². The second-order valence-corrected chi connectivity index (χ2v) is 6.13. The van der Waals surface area contributed by atoms with E-state index in [1.807, 2.05) is 23.6 Å². The highest BCUT2D eigenvalue weighted by Gasteiger charge is 2.16.